The number of aromatic hydroxyl groups is 1. The molecule has 0 bridgehead atoms. The fraction of sp³-hybridized carbons (Fsp3) is 0.0909. The van der Waals surface area contributed by atoms with E-state index in [2.05, 4.69) is 9.69 Å². The number of rotatable bonds is 2. The van der Waals surface area contributed by atoms with E-state index in [1.807, 2.05) is 0 Å². The summed E-state index contributed by atoms with van der Waals surface area (Å²) in [5.41, 5.74) is -0.0379. The predicted octanol–water partition coefficient (Wildman–Crippen LogP) is 3.12. The molecule has 1 amide bonds. The number of benzene rings is 1. The highest BCUT2D eigenvalue weighted by Crippen LogP contribution is 2.34. The van der Waals surface area contributed by atoms with E-state index in [0.717, 1.165) is 6.07 Å². The minimum atomic E-state index is -4.49. The number of aromatic nitrogens is 1. The van der Waals surface area contributed by atoms with Crippen molar-refractivity contribution in [2.45, 2.75) is 6.18 Å². The molecule has 4 nitrogen and oxygen atoms in total. The van der Waals surface area contributed by atoms with E-state index >= 15 is 0 Å². The van der Waals surface area contributed by atoms with Crippen LogP contribution in [0.2, 0.25) is 0 Å². The maximum absolute atomic E-state index is 12.3. The van der Waals surface area contributed by atoms with Gasteiger partial charge in [0.2, 0.25) is 0 Å². The number of nitrogens with one attached hydrogen (secondary N) is 1. The Morgan fingerprint density at radius 3 is 2.58 bits per heavy atom. The van der Waals surface area contributed by atoms with Crippen LogP contribution in [0, 0.1) is 0 Å². The largest absolute Gasteiger partial charge is 0.507 e. The van der Waals surface area contributed by atoms with Crippen molar-refractivity contribution in [2.75, 3.05) is 5.32 Å². The summed E-state index contributed by atoms with van der Waals surface area (Å²) in [7, 11) is 0. The van der Waals surface area contributed by atoms with E-state index < -0.39 is 17.0 Å². The molecule has 8 heteroatoms. The van der Waals surface area contributed by atoms with E-state index in [0.29, 0.717) is 0 Å². The van der Waals surface area contributed by atoms with Gasteiger partial charge in [-0.25, -0.2) is 0 Å². The minimum absolute atomic E-state index is 0.0379. The summed E-state index contributed by atoms with van der Waals surface area (Å²) < 4.78 is 40.5. The van der Waals surface area contributed by atoms with Crippen LogP contribution in [0.15, 0.2) is 30.3 Å². The van der Waals surface area contributed by atoms with Crippen molar-refractivity contribution in [3.05, 3.63) is 40.8 Å². The molecule has 0 aliphatic heterocycles. The molecule has 0 saturated heterocycles. The Hall–Kier alpha value is -2.09. The van der Waals surface area contributed by atoms with Crippen molar-refractivity contribution in [3.63, 3.8) is 0 Å². The Morgan fingerprint density at radius 2 is 2.00 bits per heavy atom. The van der Waals surface area contributed by atoms with Crippen molar-refractivity contribution in [1.29, 1.82) is 0 Å². The number of amides is 1. The summed E-state index contributed by atoms with van der Waals surface area (Å²) in [6, 6.07) is 6.44. The Labute approximate surface area is 109 Å². The lowest BCUT2D eigenvalue weighted by Gasteiger charge is -2.03. The smallest absolute Gasteiger partial charge is 0.427 e. The highest BCUT2D eigenvalue weighted by atomic mass is 32.1. The van der Waals surface area contributed by atoms with Crippen molar-refractivity contribution >= 4 is 23.3 Å². The molecule has 1 aromatic heterocycles. The van der Waals surface area contributed by atoms with Crippen molar-refractivity contribution in [3.8, 4) is 5.75 Å². The average Bonchev–Trinajstić information content (AvgIpc) is 2.77. The molecule has 0 saturated carbocycles. The third kappa shape index (κ3) is 3.02. The van der Waals surface area contributed by atoms with Gasteiger partial charge in [0.05, 0.1) is 5.56 Å². The molecule has 2 N–H and O–H groups in total. The van der Waals surface area contributed by atoms with Crippen LogP contribution in [-0.4, -0.2) is 15.4 Å². The van der Waals surface area contributed by atoms with Gasteiger partial charge in [-0.3, -0.25) is 4.79 Å². The Morgan fingerprint density at radius 1 is 1.32 bits per heavy atom. The Kier molecular flexibility index (Phi) is 3.43. The number of carbonyl (C=O) groups is 1. The first-order valence-corrected chi connectivity index (χ1v) is 5.78. The van der Waals surface area contributed by atoms with Crippen molar-refractivity contribution in [2.24, 2.45) is 0 Å². The molecule has 19 heavy (non-hydrogen) atoms. The normalized spacial score (nSPS) is 11.3. The molecular weight excluding hydrogens is 281 g/mol. The number of hydrogen-bond acceptors (Lipinski definition) is 4. The van der Waals surface area contributed by atoms with Gasteiger partial charge in [-0.1, -0.05) is 12.1 Å². The third-order valence-corrected chi connectivity index (χ3v) is 3.01. The summed E-state index contributed by atoms with van der Waals surface area (Å²) >= 11 is 0.246. The summed E-state index contributed by atoms with van der Waals surface area (Å²) in [6.45, 7) is 0. The molecule has 0 atom stereocenters. The van der Waals surface area contributed by atoms with E-state index in [1.165, 1.54) is 24.3 Å². The molecule has 2 rings (SSSR count). The van der Waals surface area contributed by atoms with Gasteiger partial charge >= 0.3 is 6.18 Å². The molecule has 1 aromatic carbocycles. The molecular formula is C11H7F3N2O2S. The summed E-state index contributed by atoms with van der Waals surface area (Å²) in [6.07, 6.45) is -4.49. The van der Waals surface area contributed by atoms with Crippen LogP contribution in [-0.2, 0) is 6.18 Å². The topological polar surface area (TPSA) is 62.2 Å². The third-order valence-electron chi connectivity index (χ3n) is 2.18. The van der Waals surface area contributed by atoms with E-state index in [4.69, 9.17) is 0 Å². The van der Waals surface area contributed by atoms with Gasteiger partial charge < -0.3 is 10.4 Å². The summed E-state index contributed by atoms with van der Waals surface area (Å²) in [5, 5.41) is 11.6. The molecule has 1 heterocycles. The molecule has 0 radical (unpaired) electrons. The van der Waals surface area contributed by atoms with Crippen LogP contribution in [0.3, 0.4) is 0 Å². The number of phenolic OH excluding ortho intramolecular Hbond substituents is 1. The van der Waals surface area contributed by atoms with Gasteiger partial charge in [-0.05, 0) is 23.7 Å². The number of halogens is 3. The van der Waals surface area contributed by atoms with Crippen molar-refractivity contribution in [1.82, 2.24) is 4.37 Å². The van der Waals surface area contributed by atoms with E-state index in [9.17, 15) is 23.1 Å². The monoisotopic (exact) mass is 288 g/mol. The number of nitrogens with zero attached hydrogens (tertiary/aromatic N) is 1. The second kappa shape index (κ2) is 4.88. The zero-order chi connectivity index (χ0) is 14.0. The minimum Gasteiger partial charge on any atom is -0.507 e. The van der Waals surface area contributed by atoms with Gasteiger partial charge in [0, 0.05) is 6.07 Å². The van der Waals surface area contributed by atoms with Gasteiger partial charge in [0.15, 0.2) is 0 Å². The zero-order valence-corrected chi connectivity index (χ0v) is 10.0. The lowest BCUT2D eigenvalue weighted by Crippen LogP contribution is -2.12. The lowest BCUT2D eigenvalue weighted by atomic mass is 10.2. The highest BCUT2D eigenvalue weighted by molar-refractivity contribution is 7.06. The number of alkyl halides is 3. The molecule has 0 aliphatic rings. The maximum atomic E-state index is 12.3. The SMILES string of the molecule is O=C(Nc1cc(C(F)(F)F)sn1)c1ccccc1O. The maximum Gasteiger partial charge on any atom is 0.427 e. The first kappa shape index (κ1) is 13.3. The first-order valence-electron chi connectivity index (χ1n) is 5.01. The fourth-order valence-electron chi connectivity index (χ4n) is 1.32. The van der Waals surface area contributed by atoms with Crippen molar-refractivity contribution < 1.29 is 23.1 Å². The molecule has 2 aromatic rings. The fourth-order valence-corrected chi connectivity index (χ4v) is 1.88. The first-order chi connectivity index (χ1) is 8.88. The van der Waals surface area contributed by atoms with Crippen LogP contribution in [0.1, 0.15) is 15.2 Å². The van der Waals surface area contributed by atoms with E-state index in [-0.39, 0.29) is 28.7 Å². The molecule has 0 unspecified atom stereocenters. The van der Waals surface area contributed by atoms with Gasteiger partial charge in [-0.2, -0.15) is 17.5 Å². The van der Waals surface area contributed by atoms with E-state index in [1.54, 1.807) is 0 Å². The Balaban J connectivity index is 2.16. The molecule has 0 fully saturated rings. The molecule has 0 aliphatic carbocycles. The number of para-hydroxylation sites is 1. The van der Waals surface area contributed by atoms with Crippen LogP contribution in [0.4, 0.5) is 19.0 Å². The Bertz CT molecular complexity index is 610. The van der Waals surface area contributed by atoms with Crippen LogP contribution < -0.4 is 5.32 Å². The van der Waals surface area contributed by atoms with Gasteiger partial charge in [0.1, 0.15) is 16.4 Å². The van der Waals surface area contributed by atoms with Crippen LogP contribution >= 0.6 is 11.5 Å². The zero-order valence-electron chi connectivity index (χ0n) is 9.23. The summed E-state index contributed by atoms with van der Waals surface area (Å²) in [4.78, 5) is 10.8. The van der Waals surface area contributed by atoms with Gasteiger partial charge in [-0.15, -0.1) is 0 Å². The quantitative estimate of drug-likeness (QED) is 0.892. The number of anilines is 1. The number of carbonyl (C=O) groups excluding carboxylic acids is 1. The average molecular weight is 288 g/mol. The predicted molar refractivity (Wildman–Crippen MR) is 63.2 cm³/mol. The lowest BCUT2D eigenvalue weighted by molar-refractivity contribution is -0.134. The second-order valence-corrected chi connectivity index (χ2v) is 4.35. The number of phenols is 1. The van der Waals surface area contributed by atoms with Crippen LogP contribution in [0.5, 0.6) is 5.75 Å². The van der Waals surface area contributed by atoms with Crippen LogP contribution in [0.25, 0.3) is 0 Å². The number of hydrogen-bond donors (Lipinski definition) is 2. The highest BCUT2D eigenvalue weighted by Gasteiger charge is 2.33. The van der Waals surface area contributed by atoms with Gasteiger partial charge in [0.25, 0.3) is 5.91 Å². The molecule has 0 spiro atoms. The molecule has 100 valence electrons. The second-order valence-electron chi connectivity index (χ2n) is 3.55. The standard InChI is InChI=1S/C11H7F3N2O2S/c12-11(13,14)8-5-9(16-19-8)15-10(18)6-3-1-2-4-7(6)17/h1-5,17H,(H,15,16,18). The summed E-state index contributed by atoms with van der Waals surface area (Å²) in [5.74, 6) is -1.19.